The molecule has 1 unspecified atom stereocenters. The van der Waals surface area contributed by atoms with Crippen molar-refractivity contribution in [1.82, 2.24) is 24.5 Å². The number of nitrogens with one attached hydrogen (secondary N) is 1. The Hall–Kier alpha value is -2.63. The number of aromatic nitrogens is 5. The minimum absolute atomic E-state index is 0.226. The molecule has 1 atom stereocenters. The molecule has 0 aromatic carbocycles. The van der Waals surface area contributed by atoms with E-state index in [9.17, 15) is 0 Å². The van der Waals surface area contributed by atoms with Crippen molar-refractivity contribution in [3.63, 3.8) is 0 Å². The molecule has 1 aliphatic heterocycles. The van der Waals surface area contributed by atoms with Crippen molar-refractivity contribution in [2.24, 2.45) is 7.05 Å². The zero-order valence-corrected chi connectivity index (χ0v) is 11.8. The molecule has 0 amide bonds. The molecule has 4 rings (SSSR count). The van der Waals surface area contributed by atoms with E-state index in [0.29, 0.717) is 0 Å². The van der Waals surface area contributed by atoms with Crippen LogP contribution in [0.4, 0.5) is 5.82 Å². The quantitative estimate of drug-likeness (QED) is 0.781. The van der Waals surface area contributed by atoms with Crippen molar-refractivity contribution in [1.29, 1.82) is 0 Å². The third kappa shape index (κ3) is 1.99. The number of aryl methyl sites for hydroxylation is 1. The van der Waals surface area contributed by atoms with Crippen LogP contribution in [0.3, 0.4) is 0 Å². The van der Waals surface area contributed by atoms with E-state index in [4.69, 9.17) is 5.10 Å². The molecule has 4 heterocycles. The van der Waals surface area contributed by atoms with Gasteiger partial charge in [0.1, 0.15) is 5.82 Å². The Morgan fingerprint density at radius 3 is 2.81 bits per heavy atom. The van der Waals surface area contributed by atoms with E-state index in [-0.39, 0.29) is 6.04 Å². The Balaban J connectivity index is 1.79. The van der Waals surface area contributed by atoms with E-state index in [0.717, 1.165) is 30.0 Å². The molecular weight excluding hydrogens is 264 g/mol. The van der Waals surface area contributed by atoms with Crippen LogP contribution in [0.25, 0.3) is 11.3 Å². The van der Waals surface area contributed by atoms with Crippen molar-refractivity contribution in [3.05, 3.63) is 48.5 Å². The van der Waals surface area contributed by atoms with Gasteiger partial charge in [-0.05, 0) is 24.6 Å². The number of anilines is 1. The van der Waals surface area contributed by atoms with Crippen LogP contribution in [0.1, 0.15) is 18.2 Å². The predicted octanol–water partition coefficient (Wildman–Crippen LogP) is 2.08. The Morgan fingerprint density at radius 2 is 2.05 bits per heavy atom. The summed E-state index contributed by atoms with van der Waals surface area (Å²) in [7, 11) is 1.98. The van der Waals surface area contributed by atoms with E-state index in [1.807, 2.05) is 30.1 Å². The first-order valence-electron chi connectivity index (χ1n) is 7.04. The van der Waals surface area contributed by atoms with E-state index in [1.165, 1.54) is 5.69 Å². The molecule has 0 aliphatic carbocycles. The van der Waals surface area contributed by atoms with E-state index < -0.39 is 0 Å². The molecule has 3 aromatic rings. The Morgan fingerprint density at radius 1 is 1.19 bits per heavy atom. The maximum Gasteiger partial charge on any atom is 0.125 e. The van der Waals surface area contributed by atoms with Gasteiger partial charge >= 0.3 is 0 Å². The number of fused-ring (bicyclic) bond motifs is 1. The minimum Gasteiger partial charge on any atom is -0.370 e. The van der Waals surface area contributed by atoms with Gasteiger partial charge in [0, 0.05) is 43.8 Å². The van der Waals surface area contributed by atoms with Gasteiger partial charge in [-0.15, -0.1) is 0 Å². The third-order valence-electron chi connectivity index (χ3n) is 3.93. The van der Waals surface area contributed by atoms with Crippen molar-refractivity contribution < 1.29 is 0 Å². The molecule has 106 valence electrons. The Labute approximate surface area is 122 Å². The summed E-state index contributed by atoms with van der Waals surface area (Å²) in [4.78, 5) is 4.06. The van der Waals surface area contributed by atoms with Crippen LogP contribution in [-0.4, -0.2) is 31.1 Å². The van der Waals surface area contributed by atoms with Crippen molar-refractivity contribution in [2.45, 2.75) is 12.5 Å². The number of pyridine rings is 1. The second-order valence-corrected chi connectivity index (χ2v) is 5.21. The minimum atomic E-state index is 0.226. The fourth-order valence-electron chi connectivity index (χ4n) is 2.87. The first kappa shape index (κ1) is 12.1. The molecule has 1 N–H and O–H groups in total. The summed E-state index contributed by atoms with van der Waals surface area (Å²) in [5.74, 6) is 1.05. The summed E-state index contributed by atoms with van der Waals surface area (Å²) >= 11 is 0. The molecular formula is C15H16N6. The second kappa shape index (κ2) is 4.73. The van der Waals surface area contributed by atoms with Crippen LogP contribution in [0.5, 0.6) is 0 Å². The summed E-state index contributed by atoms with van der Waals surface area (Å²) in [6, 6.07) is 8.34. The van der Waals surface area contributed by atoms with Crippen LogP contribution in [-0.2, 0) is 7.05 Å². The zero-order valence-electron chi connectivity index (χ0n) is 11.8. The average Bonchev–Trinajstić information content (AvgIpc) is 3.14. The van der Waals surface area contributed by atoms with Gasteiger partial charge < -0.3 is 5.32 Å². The average molecular weight is 280 g/mol. The van der Waals surface area contributed by atoms with Gasteiger partial charge in [0.2, 0.25) is 0 Å². The predicted molar refractivity (Wildman–Crippen MR) is 79.9 cm³/mol. The van der Waals surface area contributed by atoms with Crippen molar-refractivity contribution in [3.8, 4) is 11.3 Å². The smallest absolute Gasteiger partial charge is 0.125 e. The molecule has 1 aliphatic rings. The molecule has 0 radical (unpaired) electrons. The standard InChI is InChI=1S/C15H16N6/c1-20-13(5-9-18-20)14-4-8-17-15-10-12(19-21(14)15)11-2-6-16-7-3-11/h2-3,5-7,9-10,14,17H,4,8H2,1H3. The lowest BCUT2D eigenvalue weighted by atomic mass is 10.1. The number of hydrogen-bond acceptors (Lipinski definition) is 4. The first-order valence-corrected chi connectivity index (χ1v) is 7.04. The maximum atomic E-state index is 4.78. The summed E-state index contributed by atoms with van der Waals surface area (Å²) in [6.07, 6.45) is 6.42. The molecule has 0 spiro atoms. The second-order valence-electron chi connectivity index (χ2n) is 5.21. The summed E-state index contributed by atoms with van der Waals surface area (Å²) < 4.78 is 3.99. The third-order valence-corrected chi connectivity index (χ3v) is 3.93. The van der Waals surface area contributed by atoms with Crippen LogP contribution >= 0.6 is 0 Å². The summed E-state index contributed by atoms with van der Waals surface area (Å²) in [5.41, 5.74) is 3.23. The lowest BCUT2D eigenvalue weighted by Crippen LogP contribution is -2.25. The fraction of sp³-hybridized carbons (Fsp3) is 0.267. The molecule has 0 fully saturated rings. The van der Waals surface area contributed by atoms with E-state index in [1.54, 1.807) is 12.4 Å². The zero-order chi connectivity index (χ0) is 14.2. The lowest BCUT2D eigenvalue weighted by Gasteiger charge is -2.25. The Kier molecular flexibility index (Phi) is 2.73. The van der Waals surface area contributed by atoms with Gasteiger partial charge in [0.25, 0.3) is 0 Å². The maximum absolute atomic E-state index is 4.78. The topological polar surface area (TPSA) is 60.6 Å². The van der Waals surface area contributed by atoms with Crippen LogP contribution in [0.15, 0.2) is 42.9 Å². The number of nitrogens with zero attached hydrogens (tertiary/aromatic N) is 5. The number of rotatable bonds is 2. The lowest BCUT2D eigenvalue weighted by molar-refractivity contribution is 0.453. The SMILES string of the molecule is Cn1nccc1C1CCNc2cc(-c3ccncc3)nn21. The van der Waals surface area contributed by atoms with Gasteiger partial charge in [-0.25, -0.2) is 4.68 Å². The first-order chi connectivity index (χ1) is 10.3. The Bertz CT molecular complexity index is 758. The van der Waals surface area contributed by atoms with Crippen LogP contribution in [0.2, 0.25) is 0 Å². The molecule has 0 saturated carbocycles. The highest BCUT2D eigenvalue weighted by atomic mass is 15.4. The molecule has 3 aromatic heterocycles. The highest BCUT2D eigenvalue weighted by Gasteiger charge is 2.25. The van der Waals surface area contributed by atoms with Crippen molar-refractivity contribution in [2.75, 3.05) is 11.9 Å². The van der Waals surface area contributed by atoms with E-state index >= 15 is 0 Å². The van der Waals surface area contributed by atoms with Gasteiger partial charge in [0.15, 0.2) is 0 Å². The fourth-order valence-corrected chi connectivity index (χ4v) is 2.87. The summed E-state index contributed by atoms with van der Waals surface area (Å²) in [6.45, 7) is 0.942. The van der Waals surface area contributed by atoms with Gasteiger partial charge in [-0.2, -0.15) is 10.2 Å². The van der Waals surface area contributed by atoms with Gasteiger partial charge in [-0.3, -0.25) is 9.67 Å². The normalized spacial score (nSPS) is 17.3. The molecule has 6 nitrogen and oxygen atoms in total. The van der Waals surface area contributed by atoms with Crippen LogP contribution < -0.4 is 5.32 Å². The monoisotopic (exact) mass is 280 g/mol. The van der Waals surface area contributed by atoms with E-state index in [2.05, 4.69) is 32.2 Å². The van der Waals surface area contributed by atoms with Crippen molar-refractivity contribution >= 4 is 5.82 Å². The van der Waals surface area contributed by atoms with Gasteiger partial charge in [-0.1, -0.05) is 0 Å². The van der Waals surface area contributed by atoms with Crippen LogP contribution in [0, 0.1) is 0 Å². The summed E-state index contributed by atoms with van der Waals surface area (Å²) in [5, 5.41) is 12.5. The molecule has 0 bridgehead atoms. The van der Waals surface area contributed by atoms with Gasteiger partial charge in [0.05, 0.1) is 17.4 Å². The molecule has 21 heavy (non-hydrogen) atoms. The molecule has 0 saturated heterocycles. The largest absolute Gasteiger partial charge is 0.370 e. The highest BCUT2D eigenvalue weighted by Crippen LogP contribution is 2.32. The molecule has 6 heteroatoms. The number of hydrogen-bond donors (Lipinski definition) is 1. The highest BCUT2D eigenvalue weighted by molar-refractivity contribution is 5.63.